The summed E-state index contributed by atoms with van der Waals surface area (Å²) >= 11 is 0. The first kappa shape index (κ1) is 17.9. The summed E-state index contributed by atoms with van der Waals surface area (Å²) in [4.78, 5) is 25.6. The lowest BCUT2D eigenvalue weighted by molar-refractivity contribution is -0.357. The highest BCUT2D eigenvalue weighted by Crippen LogP contribution is 2.23. The van der Waals surface area contributed by atoms with Gasteiger partial charge in [0, 0.05) is 0 Å². The normalized spacial score (nSPS) is 11.8. The van der Waals surface area contributed by atoms with Crippen molar-refractivity contribution >= 4 is 39.4 Å². The minimum absolute atomic E-state index is 0.214. The van der Waals surface area contributed by atoms with Gasteiger partial charge >= 0.3 is 5.56 Å². The highest BCUT2D eigenvalue weighted by molar-refractivity contribution is 6.03. The molecule has 2 aromatic carbocycles. The summed E-state index contributed by atoms with van der Waals surface area (Å²) in [5.74, 6) is -0.322. The van der Waals surface area contributed by atoms with E-state index in [-0.39, 0.29) is 11.4 Å². The van der Waals surface area contributed by atoms with E-state index in [0.717, 1.165) is 0 Å². The summed E-state index contributed by atoms with van der Waals surface area (Å²) in [5, 5.41) is 4.91. The van der Waals surface area contributed by atoms with Gasteiger partial charge in [-0.25, -0.2) is 28.7 Å². The minimum atomic E-state index is -0.322. The third-order valence-corrected chi connectivity index (χ3v) is 4.79. The maximum Gasteiger partial charge on any atom is 0.323 e. The topological polar surface area (TPSA) is 79.2 Å². The lowest BCUT2D eigenvalue weighted by Gasteiger charge is -1.97. The SMILES string of the molecule is C=CCn1c[nH+]c2c(c1=O)c1nc3ccccc3nc1n2N=Cc1ccc(F)cc1. The summed E-state index contributed by atoms with van der Waals surface area (Å²) in [6.07, 6.45) is 4.81. The first-order valence-electron chi connectivity index (χ1n) is 9.28. The fraction of sp³-hybridized carbons (Fsp3) is 0.0455. The number of fused-ring (bicyclic) bond motifs is 4. The molecule has 30 heavy (non-hydrogen) atoms. The summed E-state index contributed by atoms with van der Waals surface area (Å²) < 4.78 is 16.3. The molecule has 3 heterocycles. The van der Waals surface area contributed by atoms with Gasteiger partial charge in [-0.15, -0.1) is 9.78 Å². The number of nitrogens with one attached hydrogen (secondary N) is 1. The Morgan fingerprint density at radius 1 is 1.10 bits per heavy atom. The van der Waals surface area contributed by atoms with Crippen molar-refractivity contribution < 1.29 is 9.37 Å². The average molecular weight is 399 g/mol. The van der Waals surface area contributed by atoms with Crippen LogP contribution in [0, 0.1) is 5.82 Å². The number of aromatic amines is 1. The molecule has 0 aliphatic carbocycles. The first-order chi connectivity index (χ1) is 14.7. The number of para-hydroxylation sites is 2. The summed E-state index contributed by atoms with van der Waals surface area (Å²) in [5.41, 5.74) is 3.26. The van der Waals surface area contributed by atoms with Gasteiger partial charge in [-0.3, -0.25) is 0 Å². The van der Waals surface area contributed by atoms with E-state index in [1.807, 2.05) is 24.3 Å². The van der Waals surface area contributed by atoms with Crippen molar-refractivity contribution in [3.05, 3.63) is 89.2 Å². The molecule has 0 saturated heterocycles. The van der Waals surface area contributed by atoms with Gasteiger partial charge in [-0.1, -0.05) is 36.9 Å². The molecule has 5 rings (SSSR count). The van der Waals surface area contributed by atoms with Crippen molar-refractivity contribution in [3.63, 3.8) is 0 Å². The van der Waals surface area contributed by atoms with Crippen LogP contribution in [0.2, 0.25) is 0 Å². The maximum atomic E-state index is 13.2. The fourth-order valence-corrected chi connectivity index (χ4v) is 3.37. The van der Waals surface area contributed by atoms with Crippen LogP contribution in [-0.2, 0) is 6.54 Å². The van der Waals surface area contributed by atoms with Crippen LogP contribution in [0.25, 0.3) is 33.2 Å². The molecular weight excluding hydrogens is 383 g/mol. The molecular formula is C22H16FN6O+. The monoisotopic (exact) mass is 399 g/mol. The molecule has 7 nitrogen and oxygen atoms in total. The van der Waals surface area contributed by atoms with Crippen LogP contribution in [0.1, 0.15) is 5.56 Å². The molecule has 5 aromatic rings. The van der Waals surface area contributed by atoms with Crippen LogP contribution in [0.15, 0.2) is 77.4 Å². The van der Waals surface area contributed by atoms with Crippen LogP contribution in [0.3, 0.4) is 0 Å². The van der Waals surface area contributed by atoms with Crippen molar-refractivity contribution in [2.24, 2.45) is 5.10 Å². The fourth-order valence-electron chi connectivity index (χ4n) is 3.37. The molecule has 0 bridgehead atoms. The molecule has 0 spiro atoms. The molecule has 0 atom stereocenters. The quantitative estimate of drug-likeness (QED) is 0.344. The molecule has 146 valence electrons. The van der Waals surface area contributed by atoms with Gasteiger partial charge in [0.25, 0.3) is 5.65 Å². The van der Waals surface area contributed by atoms with E-state index in [0.29, 0.717) is 45.3 Å². The third-order valence-electron chi connectivity index (χ3n) is 4.79. The molecule has 3 aromatic heterocycles. The van der Waals surface area contributed by atoms with E-state index >= 15 is 0 Å². The number of rotatable bonds is 4. The largest absolute Gasteiger partial charge is 0.323 e. The zero-order chi connectivity index (χ0) is 20.7. The van der Waals surface area contributed by atoms with E-state index in [1.165, 1.54) is 16.7 Å². The van der Waals surface area contributed by atoms with Crippen molar-refractivity contribution in [1.29, 1.82) is 0 Å². The number of H-pyrrole nitrogens is 1. The maximum absolute atomic E-state index is 13.2. The van der Waals surface area contributed by atoms with Crippen molar-refractivity contribution in [1.82, 2.24) is 19.2 Å². The molecule has 0 radical (unpaired) electrons. The van der Waals surface area contributed by atoms with Crippen LogP contribution < -0.4 is 10.5 Å². The van der Waals surface area contributed by atoms with Gasteiger partial charge in [-0.2, -0.15) is 0 Å². The molecule has 0 aliphatic rings. The predicted octanol–water partition coefficient (Wildman–Crippen LogP) is 2.92. The Kier molecular flexibility index (Phi) is 4.17. The van der Waals surface area contributed by atoms with E-state index in [4.69, 9.17) is 4.98 Å². The number of benzene rings is 2. The van der Waals surface area contributed by atoms with E-state index in [9.17, 15) is 9.18 Å². The van der Waals surface area contributed by atoms with E-state index in [1.54, 1.807) is 35.4 Å². The molecule has 0 fully saturated rings. The zero-order valence-electron chi connectivity index (χ0n) is 15.8. The van der Waals surface area contributed by atoms with Crippen LogP contribution >= 0.6 is 0 Å². The van der Waals surface area contributed by atoms with Crippen LogP contribution in [0.5, 0.6) is 0 Å². The van der Waals surface area contributed by atoms with Crippen LogP contribution in [0.4, 0.5) is 4.39 Å². The lowest BCUT2D eigenvalue weighted by atomic mass is 10.2. The Balaban J connectivity index is 1.83. The minimum Gasteiger partial charge on any atom is -0.250 e. The van der Waals surface area contributed by atoms with E-state index < -0.39 is 0 Å². The smallest absolute Gasteiger partial charge is 0.250 e. The van der Waals surface area contributed by atoms with Crippen molar-refractivity contribution in [2.45, 2.75) is 6.54 Å². The molecule has 0 saturated carbocycles. The molecule has 0 amide bonds. The first-order valence-corrected chi connectivity index (χ1v) is 9.28. The Morgan fingerprint density at radius 2 is 1.83 bits per heavy atom. The number of allylic oxidation sites excluding steroid dienone is 1. The number of aromatic nitrogens is 5. The zero-order valence-corrected chi connectivity index (χ0v) is 15.8. The summed E-state index contributed by atoms with van der Waals surface area (Å²) in [7, 11) is 0. The van der Waals surface area contributed by atoms with E-state index in [2.05, 4.69) is 21.6 Å². The van der Waals surface area contributed by atoms with Gasteiger partial charge in [-0.05, 0) is 29.8 Å². The van der Waals surface area contributed by atoms with Gasteiger partial charge in [0.1, 0.15) is 11.3 Å². The Morgan fingerprint density at radius 3 is 2.57 bits per heavy atom. The summed E-state index contributed by atoms with van der Waals surface area (Å²) in [6.45, 7) is 4.06. The third kappa shape index (κ3) is 2.86. The van der Waals surface area contributed by atoms with Crippen molar-refractivity contribution in [3.8, 4) is 0 Å². The average Bonchev–Trinajstić information content (AvgIpc) is 3.07. The second-order valence-electron chi connectivity index (χ2n) is 6.74. The van der Waals surface area contributed by atoms with Gasteiger partial charge < -0.3 is 0 Å². The number of nitrogens with zero attached hydrogens (tertiary/aromatic N) is 5. The van der Waals surface area contributed by atoms with Gasteiger partial charge in [0.15, 0.2) is 11.7 Å². The Hall–Kier alpha value is -4.20. The Bertz CT molecular complexity index is 1510. The highest BCUT2D eigenvalue weighted by Gasteiger charge is 2.24. The number of hydrogen-bond acceptors (Lipinski definition) is 4. The number of halogens is 1. The second kappa shape index (κ2) is 7.00. The van der Waals surface area contributed by atoms with Gasteiger partial charge in [0.2, 0.25) is 5.65 Å². The Labute approximate surface area is 169 Å². The predicted molar refractivity (Wildman–Crippen MR) is 113 cm³/mol. The van der Waals surface area contributed by atoms with Gasteiger partial charge in [0.05, 0.1) is 23.8 Å². The molecule has 0 aliphatic heterocycles. The molecule has 1 N–H and O–H groups in total. The molecule has 0 unspecified atom stereocenters. The van der Waals surface area contributed by atoms with Crippen LogP contribution in [-0.4, -0.2) is 25.4 Å². The summed E-state index contributed by atoms with van der Waals surface area (Å²) in [6, 6.07) is 13.4. The highest BCUT2D eigenvalue weighted by atomic mass is 19.1. The standard InChI is InChI=1S/C22H15FN6O/c1-2-11-28-13-24-20-18(22(28)30)19-21(27-17-6-4-3-5-16(17)26-19)29(20)25-12-14-7-9-15(23)10-8-14/h2-10,12-13H,1,11H2/p+1. The molecule has 8 heteroatoms. The second-order valence-corrected chi connectivity index (χ2v) is 6.74. The lowest BCUT2D eigenvalue weighted by Crippen LogP contribution is -2.26. The number of hydrogen-bond donors (Lipinski definition) is 0. The van der Waals surface area contributed by atoms with Crippen molar-refractivity contribution in [2.75, 3.05) is 0 Å².